The zero-order chi connectivity index (χ0) is 30.7. The molecule has 3 aromatic rings. The number of alkyl halides is 2. The van der Waals surface area contributed by atoms with E-state index in [4.69, 9.17) is 0 Å². The van der Waals surface area contributed by atoms with E-state index in [0.717, 1.165) is 34.6 Å². The topological polar surface area (TPSA) is 101 Å². The highest BCUT2D eigenvalue weighted by Crippen LogP contribution is 2.60. The Bertz CT molecular complexity index is 1800. The van der Waals surface area contributed by atoms with Crippen LogP contribution in [0.3, 0.4) is 0 Å². The predicted octanol–water partition coefficient (Wildman–Crippen LogP) is 5.27. The molecule has 0 bridgehead atoms. The Hall–Kier alpha value is -3.45. The highest BCUT2D eigenvalue weighted by Gasteiger charge is 2.62. The van der Waals surface area contributed by atoms with Crippen molar-refractivity contribution in [1.82, 2.24) is 5.32 Å². The van der Waals surface area contributed by atoms with Gasteiger partial charge in [-0.1, -0.05) is 24.3 Å². The number of carbonyl (C=O) groups excluding carboxylic acids is 1. The van der Waals surface area contributed by atoms with Gasteiger partial charge in [-0.15, -0.1) is 0 Å². The number of halogens is 4. The molecule has 1 unspecified atom stereocenters. The molecule has 2 fully saturated rings. The summed E-state index contributed by atoms with van der Waals surface area (Å²) < 4.78 is 112. The number of sulfone groups is 1. The molecule has 3 aromatic carbocycles. The van der Waals surface area contributed by atoms with Crippen molar-refractivity contribution in [2.45, 2.75) is 55.0 Å². The summed E-state index contributed by atoms with van der Waals surface area (Å²) in [5.41, 5.74) is -1.77. The van der Waals surface area contributed by atoms with Gasteiger partial charge < -0.3 is 5.32 Å². The van der Waals surface area contributed by atoms with E-state index in [2.05, 4.69) is 5.32 Å². The van der Waals surface area contributed by atoms with E-state index in [1.165, 1.54) is 24.3 Å². The SMILES string of the molecule is O=C(NCc1ccccc1C(F)F)c1ccc2c(c1F)C1(CCS(=O)(=O)CC1)C(C1CC1)N2S(=O)(=O)c1ccc(F)cc1. The molecule has 2 aliphatic heterocycles. The molecule has 0 radical (unpaired) electrons. The van der Waals surface area contributed by atoms with Crippen molar-refractivity contribution >= 4 is 31.5 Å². The molecule has 1 atom stereocenters. The molecule has 13 heteroatoms. The first-order chi connectivity index (χ1) is 20.4. The summed E-state index contributed by atoms with van der Waals surface area (Å²) >= 11 is 0. The van der Waals surface area contributed by atoms with Gasteiger partial charge in [0.05, 0.1) is 33.7 Å². The lowest BCUT2D eigenvalue weighted by Gasteiger charge is -2.41. The van der Waals surface area contributed by atoms with Crippen molar-refractivity contribution in [2.24, 2.45) is 5.92 Å². The maximum Gasteiger partial charge on any atom is 0.264 e. The molecule has 1 spiro atoms. The zero-order valence-electron chi connectivity index (χ0n) is 22.8. The fourth-order valence-corrected chi connectivity index (χ4v) is 9.95. The van der Waals surface area contributed by atoms with Crippen LogP contribution in [0.15, 0.2) is 65.6 Å². The number of hydrogen-bond donors (Lipinski definition) is 1. The summed E-state index contributed by atoms with van der Waals surface area (Å²) in [6.45, 7) is -0.297. The van der Waals surface area contributed by atoms with Crippen LogP contribution in [0, 0.1) is 17.6 Å². The monoisotopic (exact) mass is 636 g/mol. The van der Waals surface area contributed by atoms with Gasteiger partial charge in [-0.3, -0.25) is 9.10 Å². The van der Waals surface area contributed by atoms with Gasteiger partial charge in [0.1, 0.15) is 21.5 Å². The summed E-state index contributed by atoms with van der Waals surface area (Å²) in [5.74, 6) is -3.22. The van der Waals surface area contributed by atoms with Gasteiger partial charge in [0.25, 0.3) is 22.4 Å². The summed E-state index contributed by atoms with van der Waals surface area (Å²) in [7, 11) is -7.81. The minimum atomic E-state index is -4.36. The van der Waals surface area contributed by atoms with Crippen LogP contribution in [0.25, 0.3) is 0 Å². The lowest BCUT2D eigenvalue weighted by molar-refractivity contribution is 0.0944. The number of anilines is 1. The maximum absolute atomic E-state index is 16.7. The quantitative estimate of drug-likeness (QED) is 0.357. The van der Waals surface area contributed by atoms with E-state index in [-0.39, 0.29) is 64.1 Å². The Labute approximate surface area is 246 Å². The Kier molecular flexibility index (Phi) is 7.31. The van der Waals surface area contributed by atoms with Gasteiger partial charge >= 0.3 is 0 Å². The molecular weight excluding hydrogens is 608 g/mol. The van der Waals surface area contributed by atoms with Crippen molar-refractivity contribution in [3.8, 4) is 0 Å². The van der Waals surface area contributed by atoms with Crippen molar-refractivity contribution in [1.29, 1.82) is 0 Å². The second-order valence-electron chi connectivity index (χ2n) is 11.3. The smallest absolute Gasteiger partial charge is 0.264 e. The molecule has 3 aliphatic rings. The summed E-state index contributed by atoms with van der Waals surface area (Å²) in [5, 5.41) is 2.49. The molecule has 2 heterocycles. The van der Waals surface area contributed by atoms with E-state index in [1.807, 2.05) is 0 Å². The predicted molar refractivity (Wildman–Crippen MR) is 151 cm³/mol. The number of sulfonamides is 1. The van der Waals surface area contributed by atoms with E-state index >= 15 is 4.39 Å². The van der Waals surface area contributed by atoms with Crippen LogP contribution in [0.2, 0.25) is 0 Å². The molecule has 6 rings (SSSR count). The minimum Gasteiger partial charge on any atom is -0.348 e. The zero-order valence-corrected chi connectivity index (χ0v) is 24.4. The highest BCUT2D eigenvalue weighted by molar-refractivity contribution is 7.93. The van der Waals surface area contributed by atoms with E-state index in [9.17, 15) is 34.8 Å². The van der Waals surface area contributed by atoms with Gasteiger partial charge in [0, 0.05) is 23.1 Å². The first-order valence-electron chi connectivity index (χ1n) is 13.8. The molecule has 43 heavy (non-hydrogen) atoms. The number of nitrogens with zero attached hydrogens (tertiary/aromatic N) is 1. The van der Waals surface area contributed by atoms with Gasteiger partial charge in [-0.2, -0.15) is 0 Å². The number of benzene rings is 3. The lowest BCUT2D eigenvalue weighted by Crippen LogP contribution is -2.52. The molecule has 7 nitrogen and oxygen atoms in total. The Morgan fingerprint density at radius 3 is 2.26 bits per heavy atom. The fourth-order valence-electron chi connectivity index (χ4n) is 6.60. The number of fused-ring (bicyclic) bond motifs is 2. The number of hydrogen-bond acceptors (Lipinski definition) is 5. The van der Waals surface area contributed by atoms with Crippen LogP contribution in [-0.2, 0) is 31.8 Å². The Morgan fingerprint density at radius 1 is 0.977 bits per heavy atom. The van der Waals surface area contributed by atoms with Crippen LogP contribution in [0.1, 0.15) is 59.2 Å². The van der Waals surface area contributed by atoms with Gasteiger partial charge in [-0.05, 0) is 73.6 Å². The third-order valence-electron chi connectivity index (χ3n) is 8.81. The molecule has 1 aliphatic carbocycles. The van der Waals surface area contributed by atoms with Crippen molar-refractivity contribution in [2.75, 3.05) is 15.8 Å². The average molecular weight is 637 g/mol. The van der Waals surface area contributed by atoms with Crippen molar-refractivity contribution in [3.63, 3.8) is 0 Å². The Balaban J connectivity index is 1.45. The van der Waals surface area contributed by atoms with Crippen LogP contribution in [0.5, 0.6) is 0 Å². The molecule has 1 saturated heterocycles. The molecule has 1 saturated carbocycles. The van der Waals surface area contributed by atoms with Crippen LogP contribution in [0.4, 0.5) is 23.2 Å². The lowest BCUT2D eigenvalue weighted by atomic mass is 9.70. The fraction of sp³-hybridized carbons (Fsp3) is 0.367. The normalized spacial score (nSPS) is 20.8. The first-order valence-corrected chi connectivity index (χ1v) is 17.1. The van der Waals surface area contributed by atoms with Crippen molar-refractivity contribution < 1.29 is 39.2 Å². The number of nitrogens with one attached hydrogen (secondary N) is 1. The first kappa shape index (κ1) is 29.6. The molecule has 228 valence electrons. The number of amides is 1. The van der Waals surface area contributed by atoms with Crippen LogP contribution < -0.4 is 9.62 Å². The third kappa shape index (κ3) is 5.09. The van der Waals surface area contributed by atoms with Crippen molar-refractivity contribution in [3.05, 3.63) is 94.6 Å². The number of carbonyl (C=O) groups is 1. The highest BCUT2D eigenvalue weighted by atomic mass is 32.2. The van der Waals surface area contributed by atoms with E-state index in [0.29, 0.717) is 12.8 Å². The number of rotatable bonds is 7. The second kappa shape index (κ2) is 10.6. The standard InChI is InChI=1S/C30H28F4N2O5S2/c31-20-7-9-21(10-8-20)43(40,41)36-24-12-11-23(29(37)35-17-19-3-1-2-4-22(19)28(33)34)26(32)25(24)30(27(36)18-5-6-18)13-15-42(38,39)16-14-30/h1-4,7-12,18,27-28H,5-6,13-17H2,(H,35,37). The molecule has 1 amide bonds. The maximum atomic E-state index is 16.7. The van der Waals surface area contributed by atoms with E-state index in [1.54, 1.807) is 6.07 Å². The minimum absolute atomic E-state index is 0.0117. The Morgan fingerprint density at radius 2 is 1.63 bits per heavy atom. The second-order valence-corrected chi connectivity index (χ2v) is 15.5. The molecule has 1 N–H and O–H groups in total. The van der Waals surface area contributed by atoms with Gasteiger partial charge in [0.15, 0.2) is 0 Å². The van der Waals surface area contributed by atoms with Gasteiger partial charge in [-0.25, -0.2) is 34.4 Å². The summed E-state index contributed by atoms with van der Waals surface area (Å²) in [6.07, 6.45) is -1.55. The largest absolute Gasteiger partial charge is 0.348 e. The molecule has 0 aromatic heterocycles. The van der Waals surface area contributed by atoms with Gasteiger partial charge in [0.2, 0.25) is 0 Å². The summed E-state index contributed by atoms with van der Waals surface area (Å²) in [4.78, 5) is 13.0. The third-order valence-corrected chi connectivity index (χ3v) is 12.3. The van der Waals surface area contributed by atoms with Crippen LogP contribution >= 0.6 is 0 Å². The van der Waals surface area contributed by atoms with Crippen LogP contribution in [-0.4, -0.2) is 40.3 Å². The summed E-state index contributed by atoms with van der Waals surface area (Å²) in [6, 6.07) is 11.6. The average Bonchev–Trinajstić information content (AvgIpc) is 3.76. The molecular formula is C30H28F4N2O5S2. The van der Waals surface area contributed by atoms with E-state index < -0.39 is 60.8 Å².